The number of aryl methyl sites for hydroxylation is 1. The van der Waals surface area contributed by atoms with E-state index in [9.17, 15) is 9.59 Å². The minimum Gasteiger partial charge on any atom is -0.366 e. The molecule has 0 saturated heterocycles. The van der Waals surface area contributed by atoms with Gasteiger partial charge in [-0.15, -0.1) is 0 Å². The molecule has 0 saturated carbocycles. The van der Waals surface area contributed by atoms with Gasteiger partial charge in [0.05, 0.1) is 0 Å². The fraction of sp³-hybridized carbons (Fsp3) is 0.273. The first kappa shape index (κ1) is 11.2. The van der Waals surface area contributed by atoms with Crippen LogP contribution in [-0.4, -0.2) is 18.9 Å². The fourth-order valence-electron chi connectivity index (χ4n) is 1.35. The molecule has 0 spiro atoms. The first-order chi connectivity index (χ1) is 7.15. The van der Waals surface area contributed by atoms with Gasteiger partial charge < -0.3 is 11.1 Å². The summed E-state index contributed by atoms with van der Waals surface area (Å²) in [5, 5.41) is 2.53. The van der Waals surface area contributed by atoms with Crippen molar-refractivity contribution in [2.75, 3.05) is 7.05 Å². The molecule has 3 N–H and O–H groups in total. The molecule has 0 aliphatic rings. The summed E-state index contributed by atoms with van der Waals surface area (Å²) in [6, 6.07) is 7.06. The van der Waals surface area contributed by atoms with Crippen LogP contribution in [0.4, 0.5) is 0 Å². The van der Waals surface area contributed by atoms with E-state index < -0.39 is 5.91 Å². The molecule has 0 bridgehead atoms. The number of amides is 2. The minimum atomic E-state index is -0.456. The Labute approximate surface area is 88.5 Å². The van der Waals surface area contributed by atoms with Crippen LogP contribution in [0, 0.1) is 0 Å². The van der Waals surface area contributed by atoms with Crippen molar-refractivity contribution in [2.45, 2.75) is 12.8 Å². The fourth-order valence-corrected chi connectivity index (χ4v) is 1.35. The second-order valence-electron chi connectivity index (χ2n) is 3.19. The third-order valence-corrected chi connectivity index (χ3v) is 2.18. The number of carbonyl (C=O) groups is 2. The van der Waals surface area contributed by atoms with Gasteiger partial charge in [-0.3, -0.25) is 9.59 Å². The lowest BCUT2D eigenvalue weighted by atomic mass is 10.0. The van der Waals surface area contributed by atoms with Crippen molar-refractivity contribution in [3.8, 4) is 0 Å². The average molecular weight is 206 g/mol. The van der Waals surface area contributed by atoms with E-state index in [4.69, 9.17) is 5.73 Å². The molecule has 15 heavy (non-hydrogen) atoms. The van der Waals surface area contributed by atoms with Gasteiger partial charge in [0.2, 0.25) is 11.8 Å². The number of hydrogen-bond donors (Lipinski definition) is 2. The third-order valence-electron chi connectivity index (χ3n) is 2.18. The van der Waals surface area contributed by atoms with Crippen molar-refractivity contribution in [1.82, 2.24) is 5.32 Å². The molecule has 0 fully saturated rings. The lowest BCUT2D eigenvalue weighted by molar-refractivity contribution is -0.120. The van der Waals surface area contributed by atoms with Crippen molar-refractivity contribution in [3.63, 3.8) is 0 Å². The van der Waals surface area contributed by atoms with Gasteiger partial charge in [0.15, 0.2) is 0 Å². The van der Waals surface area contributed by atoms with Crippen molar-refractivity contribution in [3.05, 3.63) is 35.4 Å². The van der Waals surface area contributed by atoms with Crippen LogP contribution in [0.3, 0.4) is 0 Å². The van der Waals surface area contributed by atoms with E-state index in [1.807, 2.05) is 12.1 Å². The Morgan fingerprint density at radius 3 is 2.60 bits per heavy atom. The van der Waals surface area contributed by atoms with E-state index >= 15 is 0 Å². The molecule has 1 rings (SSSR count). The summed E-state index contributed by atoms with van der Waals surface area (Å²) in [6.45, 7) is 0. The van der Waals surface area contributed by atoms with E-state index in [1.165, 1.54) is 0 Å². The van der Waals surface area contributed by atoms with E-state index in [-0.39, 0.29) is 5.91 Å². The molecule has 2 amide bonds. The zero-order chi connectivity index (χ0) is 11.3. The van der Waals surface area contributed by atoms with E-state index in [2.05, 4.69) is 5.32 Å². The SMILES string of the molecule is CNC(=O)CCc1ccccc1C(N)=O. The maximum Gasteiger partial charge on any atom is 0.248 e. The lowest BCUT2D eigenvalue weighted by Gasteiger charge is -2.05. The van der Waals surface area contributed by atoms with Crippen LogP contribution in [0.2, 0.25) is 0 Å². The number of rotatable bonds is 4. The number of benzene rings is 1. The summed E-state index contributed by atoms with van der Waals surface area (Å²) < 4.78 is 0. The van der Waals surface area contributed by atoms with E-state index in [1.54, 1.807) is 19.2 Å². The Morgan fingerprint density at radius 2 is 2.00 bits per heavy atom. The number of hydrogen-bond acceptors (Lipinski definition) is 2. The van der Waals surface area contributed by atoms with Gasteiger partial charge >= 0.3 is 0 Å². The number of nitrogens with two attached hydrogens (primary N) is 1. The molecule has 0 aromatic heterocycles. The normalized spacial score (nSPS) is 9.67. The highest BCUT2D eigenvalue weighted by Crippen LogP contribution is 2.10. The zero-order valence-electron chi connectivity index (χ0n) is 8.62. The van der Waals surface area contributed by atoms with Gasteiger partial charge in [0.1, 0.15) is 0 Å². The topological polar surface area (TPSA) is 72.2 Å². The summed E-state index contributed by atoms with van der Waals surface area (Å²) in [4.78, 5) is 22.1. The predicted octanol–water partition coefficient (Wildman–Crippen LogP) is 0.464. The van der Waals surface area contributed by atoms with Gasteiger partial charge in [-0.25, -0.2) is 0 Å². The number of nitrogens with one attached hydrogen (secondary N) is 1. The smallest absolute Gasteiger partial charge is 0.248 e. The average Bonchev–Trinajstić information content (AvgIpc) is 2.26. The summed E-state index contributed by atoms with van der Waals surface area (Å²) in [5.41, 5.74) is 6.51. The van der Waals surface area contributed by atoms with Crippen LogP contribution in [0.15, 0.2) is 24.3 Å². The highest BCUT2D eigenvalue weighted by molar-refractivity contribution is 5.94. The second-order valence-corrected chi connectivity index (χ2v) is 3.19. The molecule has 0 aliphatic carbocycles. The molecule has 1 aromatic rings. The van der Waals surface area contributed by atoms with E-state index in [0.29, 0.717) is 18.4 Å². The Bertz CT molecular complexity index is 375. The lowest BCUT2D eigenvalue weighted by Crippen LogP contribution is -2.19. The largest absolute Gasteiger partial charge is 0.366 e. The molecular formula is C11H14N2O2. The quantitative estimate of drug-likeness (QED) is 0.751. The molecule has 80 valence electrons. The van der Waals surface area contributed by atoms with Crippen LogP contribution < -0.4 is 11.1 Å². The predicted molar refractivity (Wildman–Crippen MR) is 57.3 cm³/mol. The first-order valence-corrected chi connectivity index (χ1v) is 4.73. The van der Waals surface area contributed by atoms with Crippen LogP contribution in [0.5, 0.6) is 0 Å². The highest BCUT2D eigenvalue weighted by atomic mass is 16.1. The van der Waals surface area contributed by atoms with Crippen LogP contribution in [0.1, 0.15) is 22.3 Å². The van der Waals surface area contributed by atoms with Crippen molar-refractivity contribution in [2.24, 2.45) is 5.73 Å². The molecular weight excluding hydrogens is 192 g/mol. The molecule has 0 atom stereocenters. The minimum absolute atomic E-state index is 0.0470. The second kappa shape index (κ2) is 5.14. The van der Waals surface area contributed by atoms with Crippen LogP contribution in [0.25, 0.3) is 0 Å². The van der Waals surface area contributed by atoms with Crippen LogP contribution >= 0.6 is 0 Å². The van der Waals surface area contributed by atoms with Crippen molar-refractivity contribution in [1.29, 1.82) is 0 Å². The Balaban J connectivity index is 2.76. The van der Waals surface area contributed by atoms with E-state index in [0.717, 1.165) is 5.56 Å². The number of carbonyl (C=O) groups excluding carboxylic acids is 2. The van der Waals surface area contributed by atoms with Gasteiger partial charge in [0.25, 0.3) is 0 Å². The molecule has 4 nitrogen and oxygen atoms in total. The van der Waals surface area contributed by atoms with Gasteiger partial charge in [0, 0.05) is 19.0 Å². The standard InChI is InChI=1S/C11H14N2O2/c1-13-10(14)7-6-8-4-2-3-5-9(8)11(12)15/h2-5H,6-7H2,1H3,(H2,12,15)(H,13,14). The first-order valence-electron chi connectivity index (χ1n) is 4.73. The maximum atomic E-state index is 11.1. The highest BCUT2D eigenvalue weighted by Gasteiger charge is 2.08. The van der Waals surface area contributed by atoms with Gasteiger partial charge in [-0.2, -0.15) is 0 Å². The molecule has 0 unspecified atom stereocenters. The maximum absolute atomic E-state index is 11.1. The Morgan fingerprint density at radius 1 is 1.33 bits per heavy atom. The van der Waals surface area contributed by atoms with Gasteiger partial charge in [-0.05, 0) is 18.1 Å². The van der Waals surface area contributed by atoms with Gasteiger partial charge in [-0.1, -0.05) is 18.2 Å². The van der Waals surface area contributed by atoms with Crippen LogP contribution in [-0.2, 0) is 11.2 Å². The summed E-state index contributed by atoms with van der Waals surface area (Å²) >= 11 is 0. The molecule has 1 aromatic carbocycles. The Kier molecular flexibility index (Phi) is 3.85. The zero-order valence-corrected chi connectivity index (χ0v) is 8.62. The molecule has 0 radical (unpaired) electrons. The monoisotopic (exact) mass is 206 g/mol. The van der Waals surface area contributed by atoms with Crippen molar-refractivity contribution < 1.29 is 9.59 Å². The van der Waals surface area contributed by atoms with Crippen molar-refractivity contribution >= 4 is 11.8 Å². The Hall–Kier alpha value is -1.84. The number of primary amides is 1. The molecule has 0 heterocycles. The third kappa shape index (κ3) is 3.09. The molecule has 0 aliphatic heterocycles. The molecule has 4 heteroatoms. The summed E-state index contributed by atoms with van der Waals surface area (Å²) in [6.07, 6.45) is 0.888. The summed E-state index contributed by atoms with van der Waals surface area (Å²) in [7, 11) is 1.59. The summed E-state index contributed by atoms with van der Waals surface area (Å²) in [5.74, 6) is -0.503.